The maximum absolute atomic E-state index is 12.0. The summed E-state index contributed by atoms with van der Waals surface area (Å²) in [5, 5.41) is 3.30. The summed E-state index contributed by atoms with van der Waals surface area (Å²) in [6.45, 7) is 2.76. The Bertz CT molecular complexity index is 687. The molecule has 0 amide bonds. The van der Waals surface area contributed by atoms with E-state index in [0.717, 1.165) is 69.5 Å². The highest BCUT2D eigenvalue weighted by Crippen LogP contribution is 2.23. The number of carbonyl (C=O) groups excluding carboxylic acids is 2. The van der Waals surface area contributed by atoms with Gasteiger partial charge in [-0.15, -0.1) is 0 Å². The Morgan fingerprint density at radius 3 is 2.03 bits per heavy atom. The van der Waals surface area contributed by atoms with Gasteiger partial charge in [0.05, 0.1) is 18.2 Å². The monoisotopic (exact) mass is 457 g/mol. The van der Waals surface area contributed by atoms with Gasteiger partial charge in [0, 0.05) is 18.7 Å². The molecule has 0 aliphatic carbocycles. The molecule has 1 N–H and O–H groups in total. The first-order chi connectivity index (χ1) is 15.3. The Morgan fingerprint density at radius 1 is 0.906 bits per heavy atom. The molecule has 8 heteroatoms. The van der Waals surface area contributed by atoms with Gasteiger partial charge in [-0.1, -0.05) is 44.9 Å². The van der Waals surface area contributed by atoms with Crippen molar-refractivity contribution in [3.8, 4) is 0 Å². The van der Waals surface area contributed by atoms with Gasteiger partial charge in [0.1, 0.15) is 6.26 Å². The van der Waals surface area contributed by atoms with Crippen LogP contribution in [0.2, 0.25) is 0 Å². The smallest absolute Gasteiger partial charge is 0.389 e. The van der Waals surface area contributed by atoms with E-state index in [-0.39, 0.29) is 13.0 Å². The fraction of sp³-hybridized carbons (Fsp3) is 0.583. The number of alkyl halides is 3. The second kappa shape index (κ2) is 16.2. The van der Waals surface area contributed by atoms with Crippen LogP contribution in [0.15, 0.2) is 36.6 Å². The first-order valence-electron chi connectivity index (χ1n) is 11.3. The molecule has 1 rings (SSSR count). The molecule has 180 valence electrons. The van der Waals surface area contributed by atoms with Crippen LogP contribution in [0, 0.1) is 0 Å². The van der Waals surface area contributed by atoms with Crippen molar-refractivity contribution < 1.29 is 32.2 Å². The van der Waals surface area contributed by atoms with Gasteiger partial charge in [0.15, 0.2) is 0 Å². The van der Waals surface area contributed by atoms with Crippen LogP contribution in [0.25, 0.3) is 0 Å². The molecule has 0 unspecified atom stereocenters. The molecule has 0 radical (unpaired) electrons. The Balaban J connectivity index is 2.06. The van der Waals surface area contributed by atoms with Gasteiger partial charge in [-0.25, -0.2) is 9.59 Å². The highest BCUT2D eigenvalue weighted by molar-refractivity contribution is 5.90. The lowest BCUT2D eigenvalue weighted by Gasteiger charge is -2.07. The van der Waals surface area contributed by atoms with Crippen LogP contribution in [-0.2, 0) is 14.3 Å². The number of benzene rings is 1. The van der Waals surface area contributed by atoms with Crippen molar-refractivity contribution in [1.82, 2.24) is 0 Å². The number of anilines is 1. The van der Waals surface area contributed by atoms with Crippen LogP contribution >= 0.6 is 0 Å². The highest BCUT2D eigenvalue weighted by atomic mass is 19.4. The van der Waals surface area contributed by atoms with E-state index in [4.69, 9.17) is 4.74 Å². The summed E-state index contributed by atoms with van der Waals surface area (Å²) in [5.41, 5.74) is 1.28. The van der Waals surface area contributed by atoms with Crippen molar-refractivity contribution >= 4 is 17.6 Å². The van der Waals surface area contributed by atoms with E-state index in [1.807, 2.05) is 0 Å². The molecule has 1 aromatic carbocycles. The molecule has 0 spiro atoms. The summed E-state index contributed by atoms with van der Waals surface area (Å²) < 4.78 is 45.7. The standard InChI is InChI=1S/C24H34F3NO4/c1-2-31-22(29)16-19-32-23(30)20-12-14-21(15-13-20)28-18-11-9-7-5-3-4-6-8-10-17-24(25,26)27/h12-16,19,28H,2-11,17-18H2,1H3. The molecule has 32 heavy (non-hydrogen) atoms. The molecular formula is C24H34F3NO4. The van der Waals surface area contributed by atoms with E-state index in [9.17, 15) is 22.8 Å². The zero-order valence-electron chi connectivity index (χ0n) is 18.7. The van der Waals surface area contributed by atoms with Gasteiger partial charge < -0.3 is 14.8 Å². The van der Waals surface area contributed by atoms with E-state index < -0.39 is 24.5 Å². The topological polar surface area (TPSA) is 64.6 Å². The molecule has 0 heterocycles. The van der Waals surface area contributed by atoms with Crippen molar-refractivity contribution in [3.05, 3.63) is 42.2 Å². The molecule has 5 nitrogen and oxygen atoms in total. The second-order valence-corrected chi connectivity index (χ2v) is 7.51. The molecule has 0 saturated carbocycles. The average molecular weight is 458 g/mol. The quantitative estimate of drug-likeness (QED) is 0.128. The second-order valence-electron chi connectivity index (χ2n) is 7.51. The van der Waals surface area contributed by atoms with E-state index in [1.165, 1.54) is 0 Å². The molecule has 0 aliphatic rings. The summed E-state index contributed by atoms with van der Waals surface area (Å²) >= 11 is 0. The van der Waals surface area contributed by atoms with Gasteiger partial charge in [-0.05, 0) is 44.0 Å². The largest absolute Gasteiger partial charge is 0.463 e. The fourth-order valence-corrected chi connectivity index (χ4v) is 3.05. The summed E-state index contributed by atoms with van der Waals surface area (Å²) in [4.78, 5) is 23.0. The predicted octanol–water partition coefficient (Wildman–Crippen LogP) is 6.80. The van der Waals surface area contributed by atoms with E-state index in [0.29, 0.717) is 12.0 Å². The third-order valence-corrected chi connectivity index (χ3v) is 4.75. The molecular weight excluding hydrogens is 423 g/mol. The van der Waals surface area contributed by atoms with Crippen LogP contribution < -0.4 is 5.32 Å². The molecule has 0 aromatic heterocycles. The number of unbranched alkanes of at least 4 members (excludes halogenated alkanes) is 8. The number of nitrogens with one attached hydrogen (secondary N) is 1. The Morgan fingerprint density at radius 2 is 1.47 bits per heavy atom. The molecule has 0 aliphatic heterocycles. The van der Waals surface area contributed by atoms with Crippen LogP contribution in [0.3, 0.4) is 0 Å². The SMILES string of the molecule is CCOC(=O)C=COC(=O)c1ccc(NCCCCCCCCCCCC(F)(F)F)cc1. The molecule has 0 bridgehead atoms. The summed E-state index contributed by atoms with van der Waals surface area (Å²) in [5.74, 6) is -1.13. The van der Waals surface area contributed by atoms with Crippen molar-refractivity contribution in [2.45, 2.75) is 77.3 Å². The fourth-order valence-electron chi connectivity index (χ4n) is 3.05. The molecule has 0 saturated heterocycles. The zero-order valence-corrected chi connectivity index (χ0v) is 18.7. The zero-order chi connectivity index (χ0) is 23.7. The van der Waals surface area contributed by atoms with Gasteiger partial charge in [0.2, 0.25) is 0 Å². The van der Waals surface area contributed by atoms with Gasteiger partial charge in [0.25, 0.3) is 0 Å². The van der Waals surface area contributed by atoms with Gasteiger partial charge >= 0.3 is 18.1 Å². The van der Waals surface area contributed by atoms with E-state index in [2.05, 4.69) is 10.1 Å². The number of rotatable bonds is 16. The number of carbonyl (C=O) groups is 2. The van der Waals surface area contributed by atoms with Crippen LogP contribution in [-0.4, -0.2) is 31.3 Å². The lowest BCUT2D eigenvalue weighted by atomic mass is 10.1. The Labute approximate surface area is 188 Å². The van der Waals surface area contributed by atoms with E-state index in [1.54, 1.807) is 31.2 Å². The first-order valence-corrected chi connectivity index (χ1v) is 11.3. The lowest BCUT2D eigenvalue weighted by molar-refractivity contribution is -0.137. The van der Waals surface area contributed by atoms with Crippen LogP contribution in [0.1, 0.15) is 81.5 Å². The summed E-state index contributed by atoms with van der Waals surface area (Å²) in [6.07, 6.45) is 5.58. The maximum Gasteiger partial charge on any atom is 0.389 e. The van der Waals surface area contributed by atoms with E-state index >= 15 is 0 Å². The minimum absolute atomic E-state index is 0.240. The summed E-state index contributed by atoms with van der Waals surface area (Å²) in [6, 6.07) is 6.89. The highest BCUT2D eigenvalue weighted by Gasteiger charge is 2.25. The average Bonchev–Trinajstić information content (AvgIpc) is 2.74. The van der Waals surface area contributed by atoms with Gasteiger partial charge in [-0.3, -0.25) is 0 Å². The number of esters is 2. The molecule has 1 aromatic rings. The Kier molecular flexibility index (Phi) is 13.9. The van der Waals surface area contributed by atoms with Crippen LogP contribution in [0.4, 0.5) is 18.9 Å². The molecule has 0 fully saturated rings. The third-order valence-electron chi connectivity index (χ3n) is 4.75. The lowest BCUT2D eigenvalue weighted by Crippen LogP contribution is -2.06. The van der Waals surface area contributed by atoms with Crippen molar-refractivity contribution in [3.63, 3.8) is 0 Å². The number of halogens is 3. The number of hydrogen-bond acceptors (Lipinski definition) is 5. The minimum atomic E-state index is -4.02. The minimum Gasteiger partial charge on any atom is -0.463 e. The normalized spacial score (nSPS) is 11.5. The summed E-state index contributed by atoms with van der Waals surface area (Å²) in [7, 11) is 0. The van der Waals surface area contributed by atoms with Gasteiger partial charge in [-0.2, -0.15) is 13.2 Å². The predicted molar refractivity (Wildman–Crippen MR) is 118 cm³/mol. The number of hydrogen-bond donors (Lipinski definition) is 1. The first kappa shape index (κ1) is 27.5. The maximum atomic E-state index is 12.0. The number of ether oxygens (including phenoxy) is 2. The van der Waals surface area contributed by atoms with Crippen molar-refractivity contribution in [2.75, 3.05) is 18.5 Å². The molecule has 0 atom stereocenters. The van der Waals surface area contributed by atoms with Crippen LogP contribution in [0.5, 0.6) is 0 Å². The van der Waals surface area contributed by atoms with Crippen molar-refractivity contribution in [2.24, 2.45) is 0 Å². The Hall–Kier alpha value is -2.51. The van der Waals surface area contributed by atoms with Crippen molar-refractivity contribution in [1.29, 1.82) is 0 Å². The third kappa shape index (κ3) is 14.5.